The highest BCUT2D eigenvalue weighted by atomic mass is 19.1. The van der Waals surface area contributed by atoms with Gasteiger partial charge in [0.25, 0.3) is 5.91 Å². The summed E-state index contributed by atoms with van der Waals surface area (Å²) in [6.07, 6.45) is 0. The number of aliphatic hydroxyl groups excluding tert-OH is 1. The maximum atomic E-state index is 12.9. The highest BCUT2D eigenvalue weighted by molar-refractivity contribution is 5.84. The zero-order valence-corrected chi connectivity index (χ0v) is 13.2. The second-order valence-corrected chi connectivity index (χ2v) is 5.68. The Kier molecular flexibility index (Phi) is 5.34. The summed E-state index contributed by atoms with van der Waals surface area (Å²) < 4.78 is 18.5. The van der Waals surface area contributed by atoms with Crippen LogP contribution in [0.2, 0.25) is 0 Å². The maximum absolute atomic E-state index is 12.9. The van der Waals surface area contributed by atoms with Crippen molar-refractivity contribution >= 4 is 5.91 Å². The molecule has 0 heterocycles. The number of aliphatic hydroxyl groups is 1. The van der Waals surface area contributed by atoms with Gasteiger partial charge in [-0.15, -0.1) is 0 Å². The van der Waals surface area contributed by atoms with Crippen molar-refractivity contribution in [3.8, 4) is 5.75 Å². The maximum Gasteiger partial charge on any atom is 0.263 e. The number of benzene rings is 2. The van der Waals surface area contributed by atoms with Crippen LogP contribution < -0.4 is 10.1 Å². The summed E-state index contributed by atoms with van der Waals surface area (Å²) in [5.74, 6) is -0.239. The van der Waals surface area contributed by atoms with Gasteiger partial charge < -0.3 is 15.2 Å². The van der Waals surface area contributed by atoms with Gasteiger partial charge in [0, 0.05) is 6.54 Å². The minimum absolute atomic E-state index is 0.0818. The number of amides is 1. The van der Waals surface area contributed by atoms with Gasteiger partial charge in [0.15, 0.2) is 5.60 Å². The molecule has 2 rings (SSSR count). The molecule has 0 atom stereocenters. The van der Waals surface area contributed by atoms with Crippen LogP contribution in [0.1, 0.15) is 25.0 Å². The van der Waals surface area contributed by atoms with E-state index in [1.165, 1.54) is 24.3 Å². The molecule has 122 valence electrons. The molecule has 2 N–H and O–H groups in total. The molecule has 0 aliphatic heterocycles. The Morgan fingerprint density at radius 2 is 1.74 bits per heavy atom. The quantitative estimate of drug-likeness (QED) is 0.861. The van der Waals surface area contributed by atoms with Crippen LogP contribution in [0.25, 0.3) is 0 Å². The predicted molar refractivity (Wildman–Crippen MR) is 85.3 cm³/mol. The average Bonchev–Trinajstić information content (AvgIpc) is 2.54. The van der Waals surface area contributed by atoms with Crippen molar-refractivity contribution < 1.29 is 19.0 Å². The molecule has 0 radical (unpaired) electrons. The number of hydrogen-bond donors (Lipinski definition) is 2. The Morgan fingerprint density at radius 1 is 1.13 bits per heavy atom. The van der Waals surface area contributed by atoms with E-state index in [1.807, 2.05) is 24.3 Å². The minimum atomic E-state index is -1.11. The molecule has 0 saturated heterocycles. The van der Waals surface area contributed by atoms with Crippen LogP contribution in [-0.4, -0.2) is 16.6 Å². The molecule has 0 bridgehead atoms. The second kappa shape index (κ2) is 7.24. The van der Waals surface area contributed by atoms with Gasteiger partial charge in [-0.2, -0.15) is 0 Å². The molecular formula is C18H20FNO3. The van der Waals surface area contributed by atoms with Crippen molar-refractivity contribution in [1.29, 1.82) is 0 Å². The van der Waals surface area contributed by atoms with Crippen molar-refractivity contribution in [2.24, 2.45) is 0 Å². The lowest BCUT2D eigenvalue weighted by Crippen LogP contribution is -2.46. The molecule has 2 aromatic carbocycles. The normalized spacial score (nSPS) is 11.1. The Labute approximate surface area is 134 Å². The van der Waals surface area contributed by atoms with Gasteiger partial charge in [-0.1, -0.05) is 24.3 Å². The number of carbonyl (C=O) groups excluding carboxylic acids is 1. The zero-order chi connectivity index (χ0) is 16.9. The number of rotatable bonds is 6. The number of halogens is 1. The van der Waals surface area contributed by atoms with E-state index in [0.29, 0.717) is 12.3 Å². The lowest BCUT2D eigenvalue weighted by molar-refractivity contribution is -0.134. The van der Waals surface area contributed by atoms with Gasteiger partial charge in [-0.05, 0) is 49.2 Å². The van der Waals surface area contributed by atoms with Crippen molar-refractivity contribution in [1.82, 2.24) is 5.32 Å². The third kappa shape index (κ3) is 4.53. The van der Waals surface area contributed by atoms with Crippen LogP contribution in [-0.2, 0) is 17.9 Å². The number of hydrogen-bond acceptors (Lipinski definition) is 3. The van der Waals surface area contributed by atoms with Gasteiger partial charge in [0.1, 0.15) is 11.6 Å². The SMILES string of the molecule is CC(C)(Oc1ccc(F)cc1)C(=O)NCc1ccccc1CO. The first-order valence-electron chi connectivity index (χ1n) is 7.33. The van der Waals surface area contributed by atoms with Gasteiger partial charge in [-0.3, -0.25) is 4.79 Å². The van der Waals surface area contributed by atoms with Crippen LogP contribution >= 0.6 is 0 Å². The monoisotopic (exact) mass is 317 g/mol. The van der Waals surface area contributed by atoms with E-state index >= 15 is 0 Å². The number of nitrogens with one attached hydrogen (secondary N) is 1. The topological polar surface area (TPSA) is 58.6 Å². The number of ether oxygens (including phenoxy) is 1. The lowest BCUT2D eigenvalue weighted by atomic mass is 10.1. The van der Waals surface area contributed by atoms with Crippen LogP contribution in [0.4, 0.5) is 4.39 Å². The Morgan fingerprint density at radius 3 is 2.35 bits per heavy atom. The molecule has 0 saturated carbocycles. The largest absolute Gasteiger partial charge is 0.478 e. The fraction of sp³-hybridized carbons (Fsp3) is 0.278. The predicted octanol–water partition coefficient (Wildman–Crippen LogP) is 2.79. The Bertz CT molecular complexity index is 668. The Hall–Kier alpha value is -2.40. The van der Waals surface area contributed by atoms with Gasteiger partial charge in [0.2, 0.25) is 0 Å². The molecular weight excluding hydrogens is 297 g/mol. The van der Waals surface area contributed by atoms with Gasteiger partial charge >= 0.3 is 0 Å². The molecule has 4 nitrogen and oxygen atoms in total. The number of carbonyl (C=O) groups is 1. The van der Waals surface area contributed by atoms with E-state index in [-0.39, 0.29) is 18.3 Å². The highest BCUT2D eigenvalue weighted by Gasteiger charge is 2.29. The van der Waals surface area contributed by atoms with Crippen LogP contribution in [0, 0.1) is 5.82 Å². The van der Waals surface area contributed by atoms with E-state index in [4.69, 9.17) is 4.74 Å². The summed E-state index contributed by atoms with van der Waals surface area (Å²) in [5, 5.41) is 12.1. The fourth-order valence-electron chi connectivity index (χ4n) is 2.12. The third-order valence-corrected chi connectivity index (χ3v) is 3.46. The molecule has 2 aromatic rings. The van der Waals surface area contributed by atoms with E-state index in [0.717, 1.165) is 11.1 Å². The molecule has 0 aromatic heterocycles. The summed E-state index contributed by atoms with van der Waals surface area (Å²) in [6.45, 7) is 3.50. The minimum Gasteiger partial charge on any atom is -0.478 e. The van der Waals surface area contributed by atoms with Crippen LogP contribution in [0.5, 0.6) is 5.75 Å². The molecule has 1 amide bonds. The summed E-state index contributed by atoms with van der Waals surface area (Å²) in [5.41, 5.74) is 0.511. The van der Waals surface area contributed by atoms with Crippen molar-refractivity contribution in [3.63, 3.8) is 0 Å². The van der Waals surface area contributed by atoms with Gasteiger partial charge in [-0.25, -0.2) is 4.39 Å². The molecule has 0 spiro atoms. The van der Waals surface area contributed by atoms with E-state index in [2.05, 4.69) is 5.32 Å². The molecule has 0 unspecified atom stereocenters. The first kappa shape index (κ1) is 17.0. The summed E-state index contributed by atoms with van der Waals surface area (Å²) in [6, 6.07) is 12.8. The molecule has 5 heteroatoms. The van der Waals surface area contributed by atoms with Crippen molar-refractivity contribution in [2.75, 3.05) is 0 Å². The first-order chi connectivity index (χ1) is 10.9. The van der Waals surface area contributed by atoms with Gasteiger partial charge in [0.05, 0.1) is 6.61 Å². The fourth-order valence-corrected chi connectivity index (χ4v) is 2.12. The molecule has 23 heavy (non-hydrogen) atoms. The molecule has 0 fully saturated rings. The summed E-state index contributed by atoms with van der Waals surface area (Å²) in [7, 11) is 0. The summed E-state index contributed by atoms with van der Waals surface area (Å²) >= 11 is 0. The van der Waals surface area contributed by atoms with Crippen molar-refractivity contribution in [2.45, 2.75) is 32.6 Å². The first-order valence-corrected chi connectivity index (χ1v) is 7.33. The standard InChI is InChI=1S/C18H20FNO3/c1-18(2,23-16-9-7-15(19)8-10-16)17(22)20-11-13-5-3-4-6-14(13)12-21/h3-10,21H,11-12H2,1-2H3,(H,20,22). The Balaban J connectivity index is 1.99. The average molecular weight is 317 g/mol. The smallest absolute Gasteiger partial charge is 0.263 e. The zero-order valence-electron chi connectivity index (χ0n) is 13.2. The van der Waals surface area contributed by atoms with Crippen molar-refractivity contribution in [3.05, 3.63) is 65.5 Å². The highest BCUT2D eigenvalue weighted by Crippen LogP contribution is 2.19. The third-order valence-electron chi connectivity index (χ3n) is 3.46. The molecule has 0 aliphatic rings. The second-order valence-electron chi connectivity index (χ2n) is 5.68. The van der Waals surface area contributed by atoms with E-state index in [1.54, 1.807) is 13.8 Å². The molecule has 0 aliphatic carbocycles. The van der Waals surface area contributed by atoms with E-state index < -0.39 is 5.60 Å². The summed E-state index contributed by atoms with van der Waals surface area (Å²) in [4.78, 5) is 12.3. The van der Waals surface area contributed by atoms with E-state index in [9.17, 15) is 14.3 Å². The van der Waals surface area contributed by atoms with Crippen LogP contribution in [0.3, 0.4) is 0 Å². The lowest BCUT2D eigenvalue weighted by Gasteiger charge is -2.25. The van der Waals surface area contributed by atoms with Crippen LogP contribution in [0.15, 0.2) is 48.5 Å².